The molecule has 2 bridgehead atoms. The maximum absolute atomic E-state index is 13.1. The predicted molar refractivity (Wildman–Crippen MR) is 142 cm³/mol. The van der Waals surface area contributed by atoms with Gasteiger partial charge < -0.3 is 20.9 Å². The third-order valence-corrected chi connectivity index (χ3v) is 8.55. The van der Waals surface area contributed by atoms with E-state index < -0.39 is 0 Å². The van der Waals surface area contributed by atoms with E-state index in [2.05, 4.69) is 31.7 Å². The summed E-state index contributed by atoms with van der Waals surface area (Å²) in [4.78, 5) is 40.5. The number of aromatic amines is 1. The molecular formula is C27H30N10O2. The Hall–Kier alpha value is -4.19. The van der Waals surface area contributed by atoms with E-state index >= 15 is 0 Å². The van der Waals surface area contributed by atoms with Crippen LogP contribution in [0.5, 0.6) is 0 Å². The lowest BCUT2D eigenvalue weighted by Gasteiger charge is -2.38. The molecule has 0 saturated carbocycles. The summed E-state index contributed by atoms with van der Waals surface area (Å²) < 4.78 is 1.55. The molecule has 7 heterocycles. The number of pyridine rings is 1. The summed E-state index contributed by atoms with van der Waals surface area (Å²) in [7, 11) is 0. The second-order valence-electron chi connectivity index (χ2n) is 10.8. The van der Waals surface area contributed by atoms with Crippen molar-refractivity contribution in [1.29, 1.82) is 0 Å². The Bertz CT molecular complexity index is 1540. The number of rotatable bonds is 5. The molecular weight excluding hydrogens is 496 g/mol. The maximum Gasteiger partial charge on any atom is 0.292 e. The number of H-pyrrole nitrogens is 1. The molecule has 0 aliphatic carbocycles. The van der Waals surface area contributed by atoms with Gasteiger partial charge in [-0.2, -0.15) is 9.61 Å². The number of carbonyl (C=O) groups excluding carboxylic acids is 2. The average molecular weight is 527 g/mol. The Balaban J connectivity index is 1.25. The van der Waals surface area contributed by atoms with Crippen LogP contribution in [0.1, 0.15) is 89.8 Å². The summed E-state index contributed by atoms with van der Waals surface area (Å²) >= 11 is 0. The molecule has 4 atom stereocenters. The van der Waals surface area contributed by atoms with Crippen molar-refractivity contribution in [2.45, 2.75) is 69.5 Å². The van der Waals surface area contributed by atoms with Crippen molar-refractivity contribution in [3.8, 4) is 11.1 Å². The number of hydrogen-bond acceptors (Lipinski definition) is 9. The van der Waals surface area contributed by atoms with Crippen molar-refractivity contribution in [2.24, 2.45) is 0 Å². The largest absolute Gasteiger partial charge is 0.383 e. The number of nitrogen functional groups attached to an aromatic ring is 1. The SMILES string of the molecule is CC(=O)c1c([C@H]2C[C@H]3CC[C@@H](C2)N3C(=O)c2nnc[nH]2)nc2c(-c3ccc(C4CCCN4)nc3)cnn2c1N. The average Bonchev–Trinajstić information content (AvgIpc) is 3.75. The highest BCUT2D eigenvalue weighted by atomic mass is 16.2. The lowest BCUT2D eigenvalue weighted by atomic mass is 9.85. The second kappa shape index (κ2) is 9.23. The van der Waals surface area contributed by atoms with E-state index in [9.17, 15) is 9.59 Å². The van der Waals surface area contributed by atoms with E-state index in [-0.39, 0.29) is 35.5 Å². The number of piperidine rings is 1. The molecule has 4 aromatic rings. The van der Waals surface area contributed by atoms with Gasteiger partial charge in [-0.3, -0.25) is 14.6 Å². The van der Waals surface area contributed by atoms with Crippen molar-refractivity contribution in [3.05, 3.63) is 53.6 Å². The molecule has 1 unspecified atom stereocenters. The van der Waals surface area contributed by atoms with Gasteiger partial charge in [0, 0.05) is 41.4 Å². The Morgan fingerprint density at radius 1 is 1.10 bits per heavy atom. The quantitative estimate of drug-likeness (QED) is 0.332. The topological polar surface area (TPSA) is 160 Å². The third-order valence-electron chi connectivity index (χ3n) is 8.55. The van der Waals surface area contributed by atoms with Crippen LogP contribution >= 0.6 is 0 Å². The van der Waals surface area contributed by atoms with Gasteiger partial charge in [0.1, 0.15) is 12.1 Å². The molecule has 3 saturated heterocycles. The van der Waals surface area contributed by atoms with E-state index in [1.54, 1.807) is 10.7 Å². The van der Waals surface area contributed by atoms with Crippen LogP contribution in [0.2, 0.25) is 0 Å². The molecule has 0 radical (unpaired) electrons. The third kappa shape index (κ3) is 3.89. The number of aromatic nitrogens is 7. The fourth-order valence-corrected chi connectivity index (χ4v) is 6.76. The molecule has 12 nitrogen and oxygen atoms in total. The summed E-state index contributed by atoms with van der Waals surface area (Å²) in [5.74, 6) is 0.266. The van der Waals surface area contributed by atoms with Gasteiger partial charge in [0.15, 0.2) is 11.4 Å². The van der Waals surface area contributed by atoms with E-state index in [1.807, 2.05) is 17.2 Å². The van der Waals surface area contributed by atoms with Crippen molar-refractivity contribution < 1.29 is 9.59 Å². The van der Waals surface area contributed by atoms with Crippen LogP contribution < -0.4 is 11.1 Å². The number of carbonyl (C=O) groups is 2. The minimum absolute atomic E-state index is 0.0100. The fraction of sp³-hybridized carbons (Fsp3) is 0.444. The molecule has 0 spiro atoms. The molecule has 12 heteroatoms. The minimum Gasteiger partial charge on any atom is -0.383 e. The number of amides is 1. The lowest BCUT2D eigenvalue weighted by Crippen LogP contribution is -2.46. The standard InChI is InChI=1S/C27H30N10O2/c1-14(38)22-23(16-9-17-5-6-18(10-16)36(17)27(39)25-31-13-32-35-25)34-26-19(12-33-37(26)24(22)28)15-4-7-21(30-11-15)20-3-2-8-29-20/h4,7,11-13,16-18,20,29H,2-3,5-6,8-10,28H2,1H3,(H,31,32,35)/t16-,17+,18-,20?. The van der Waals surface area contributed by atoms with Crippen LogP contribution in [0.15, 0.2) is 30.9 Å². The predicted octanol–water partition coefficient (Wildman–Crippen LogP) is 2.67. The molecule has 200 valence electrons. The number of nitrogens with two attached hydrogens (primary N) is 1. The summed E-state index contributed by atoms with van der Waals surface area (Å²) in [5, 5.41) is 15.7. The molecule has 3 aliphatic rings. The van der Waals surface area contributed by atoms with Gasteiger partial charge in [0.05, 0.1) is 23.1 Å². The zero-order valence-electron chi connectivity index (χ0n) is 21.7. The Labute approximate surface area is 224 Å². The number of anilines is 1. The zero-order chi connectivity index (χ0) is 26.7. The summed E-state index contributed by atoms with van der Waals surface area (Å²) in [5.41, 5.74) is 11.0. The molecule has 4 aromatic heterocycles. The maximum atomic E-state index is 13.1. The van der Waals surface area contributed by atoms with E-state index in [4.69, 9.17) is 15.7 Å². The Morgan fingerprint density at radius 2 is 1.92 bits per heavy atom. The Kier molecular flexibility index (Phi) is 5.65. The molecule has 39 heavy (non-hydrogen) atoms. The Morgan fingerprint density at radius 3 is 2.56 bits per heavy atom. The first-order valence-electron chi connectivity index (χ1n) is 13.6. The molecule has 3 aliphatic heterocycles. The number of ketones is 1. The normalized spacial score (nSPS) is 24.5. The van der Waals surface area contributed by atoms with Crippen molar-refractivity contribution in [1.82, 2.24) is 45.0 Å². The van der Waals surface area contributed by atoms with Gasteiger partial charge in [-0.25, -0.2) is 4.98 Å². The lowest BCUT2D eigenvalue weighted by molar-refractivity contribution is 0.0556. The summed E-state index contributed by atoms with van der Waals surface area (Å²) in [6, 6.07) is 4.46. The second-order valence-corrected chi connectivity index (χ2v) is 10.8. The first-order chi connectivity index (χ1) is 19.0. The van der Waals surface area contributed by atoms with E-state index in [0.717, 1.165) is 49.0 Å². The number of Topliss-reactive ketones (excluding diaryl/α,β-unsaturated/α-hetero) is 1. The van der Waals surface area contributed by atoms with Crippen LogP contribution in [0.25, 0.3) is 16.8 Å². The molecule has 3 fully saturated rings. The van der Waals surface area contributed by atoms with Crippen molar-refractivity contribution >= 4 is 23.2 Å². The molecule has 1 amide bonds. The van der Waals surface area contributed by atoms with Gasteiger partial charge >= 0.3 is 0 Å². The van der Waals surface area contributed by atoms with Crippen molar-refractivity contribution in [3.63, 3.8) is 0 Å². The smallest absolute Gasteiger partial charge is 0.292 e. The number of hydrogen-bond donors (Lipinski definition) is 3. The summed E-state index contributed by atoms with van der Waals surface area (Å²) in [6.45, 7) is 2.53. The first kappa shape index (κ1) is 23.9. The van der Waals surface area contributed by atoms with E-state index in [0.29, 0.717) is 41.6 Å². The minimum atomic E-state index is -0.142. The summed E-state index contributed by atoms with van der Waals surface area (Å²) in [6.07, 6.45) is 10.5. The van der Waals surface area contributed by atoms with Crippen molar-refractivity contribution in [2.75, 3.05) is 12.3 Å². The first-order valence-corrected chi connectivity index (χ1v) is 13.6. The highest BCUT2D eigenvalue weighted by Gasteiger charge is 2.45. The van der Waals surface area contributed by atoms with Gasteiger partial charge in [-0.1, -0.05) is 6.07 Å². The molecule has 0 aromatic carbocycles. The highest BCUT2D eigenvalue weighted by Crippen LogP contribution is 2.45. The molecule has 4 N–H and O–H groups in total. The van der Waals surface area contributed by atoms with E-state index in [1.165, 1.54) is 13.3 Å². The monoisotopic (exact) mass is 526 g/mol. The van der Waals surface area contributed by atoms with Gasteiger partial charge in [0.25, 0.3) is 5.91 Å². The fourth-order valence-electron chi connectivity index (χ4n) is 6.76. The highest BCUT2D eigenvalue weighted by molar-refractivity contribution is 6.00. The molecule has 7 rings (SSSR count). The van der Waals surface area contributed by atoms with Gasteiger partial charge in [-0.15, -0.1) is 10.2 Å². The van der Waals surface area contributed by atoms with Crippen LogP contribution in [0, 0.1) is 0 Å². The number of nitrogens with one attached hydrogen (secondary N) is 2. The van der Waals surface area contributed by atoms with Crippen LogP contribution in [0.4, 0.5) is 5.82 Å². The zero-order valence-corrected chi connectivity index (χ0v) is 21.7. The van der Waals surface area contributed by atoms with Crippen LogP contribution in [0.3, 0.4) is 0 Å². The van der Waals surface area contributed by atoms with Crippen LogP contribution in [-0.4, -0.2) is 70.0 Å². The van der Waals surface area contributed by atoms with Gasteiger partial charge in [-0.05, 0) is 58.1 Å². The van der Waals surface area contributed by atoms with Gasteiger partial charge in [0.2, 0.25) is 5.82 Å². The number of fused-ring (bicyclic) bond motifs is 3. The number of nitrogens with zero attached hydrogens (tertiary/aromatic N) is 7. The van der Waals surface area contributed by atoms with Crippen LogP contribution in [-0.2, 0) is 0 Å².